The highest BCUT2D eigenvalue weighted by atomic mass is 35.5. The smallest absolute Gasteiger partial charge is 0.142 e. The van der Waals surface area contributed by atoms with Gasteiger partial charge in [0.2, 0.25) is 0 Å². The van der Waals surface area contributed by atoms with Crippen molar-refractivity contribution in [3.63, 3.8) is 0 Å². The van der Waals surface area contributed by atoms with E-state index in [1.165, 1.54) is 6.07 Å². The third-order valence-electron chi connectivity index (χ3n) is 3.17. The van der Waals surface area contributed by atoms with E-state index in [-0.39, 0.29) is 17.1 Å². The second kappa shape index (κ2) is 4.70. The van der Waals surface area contributed by atoms with E-state index in [0.29, 0.717) is 6.04 Å². The summed E-state index contributed by atoms with van der Waals surface area (Å²) in [6.07, 6.45) is 2.15. The van der Waals surface area contributed by atoms with Crippen molar-refractivity contribution < 1.29 is 4.39 Å². The molecule has 2 unspecified atom stereocenters. The molecule has 16 heavy (non-hydrogen) atoms. The molecule has 0 amide bonds. The van der Waals surface area contributed by atoms with Gasteiger partial charge in [0.05, 0.1) is 5.02 Å². The molecule has 1 heterocycles. The summed E-state index contributed by atoms with van der Waals surface area (Å²) in [5.74, 6) is -0.402. The first-order chi connectivity index (χ1) is 7.58. The summed E-state index contributed by atoms with van der Waals surface area (Å²) in [6.45, 7) is 2.13. The molecule has 0 saturated carbocycles. The molecule has 3 atom stereocenters. The second-order valence-corrected chi connectivity index (χ2v) is 4.86. The van der Waals surface area contributed by atoms with Gasteiger partial charge in [-0.3, -0.25) is 0 Å². The van der Waals surface area contributed by atoms with Crippen LogP contribution in [0.3, 0.4) is 0 Å². The molecule has 0 spiro atoms. The van der Waals surface area contributed by atoms with Crippen LogP contribution in [0.15, 0.2) is 18.2 Å². The lowest BCUT2D eigenvalue weighted by Crippen LogP contribution is -2.36. The van der Waals surface area contributed by atoms with E-state index in [9.17, 15) is 4.39 Å². The molecule has 0 bridgehead atoms. The highest BCUT2D eigenvalue weighted by Crippen LogP contribution is 2.25. The molecule has 4 heteroatoms. The van der Waals surface area contributed by atoms with Crippen LogP contribution in [0.4, 0.5) is 4.39 Å². The van der Waals surface area contributed by atoms with Gasteiger partial charge in [0.15, 0.2) is 0 Å². The van der Waals surface area contributed by atoms with Gasteiger partial charge in [0, 0.05) is 18.1 Å². The Balaban J connectivity index is 2.14. The van der Waals surface area contributed by atoms with Crippen LogP contribution in [0.25, 0.3) is 0 Å². The fraction of sp³-hybridized carbons (Fsp3) is 0.500. The first-order valence-electron chi connectivity index (χ1n) is 5.54. The quantitative estimate of drug-likeness (QED) is 0.837. The van der Waals surface area contributed by atoms with Crippen molar-refractivity contribution in [2.24, 2.45) is 5.73 Å². The van der Waals surface area contributed by atoms with Crippen LogP contribution in [-0.4, -0.2) is 12.1 Å². The maximum absolute atomic E-state index is 13.3. The molecule has 0 aliphatic carbocycles. The van der Waals surface area contributed by atoms with E-state index in [4.69, 9.17) is 17.3 Å². The minimum atomic E-state index is -0.402. The number of hydrogen-bond acceptors (Lipinski definition) is 2. The zero-order valence-electron chi connectivity index (χ0n) is 9.21. The van der Waals surface area contributed by atoms with Crippen LogP contribution in [-0.2, 0) is 0 Å². The van der Waals surface area contributed by atoms with Crippen LogP contribution < -0.4 is 11.1 Å². The van der Waals surface area contributed by atoms with Gasteiger partial charge < -0.3 is 11.1 Å². The molecule has 1 fully saturated rings. The fourth-order valence-electron chi connectivity index (χ4n) is 2.20. The number of benzene rings is 1. The summed E-state index contributed by atoms with van der Waals surface area (Å²) in [7, 11) is 0. The van der Waals surface area contributed by atoms with Crippen LogP contribution in [0.2, 0.25) is 5.02 Å². The van der Waals surface area contributed by atoms with E-state index >= 15 is 0 Å². The number of rotatable bonds is 2. The normalized spacial score (nSPS) is 27.0. The predicted molar refractivity (Wildman–Crippen MR) is 64.0 cm³/mol. The van der Waals surface area contributed by atoms with Crippen molar-refractivity contribution in [3.05, 3.63) is 34.6 Å². The molecule has 0 aromatic heterocycles. The van der Waals surface area contributed by atoms with Crippen molar-refractivity contribution in [1.82, 2.24) is 5.32 Å². The van der Waals surface area contributed by atoms with Gasteiger partial charge in [0.1, 0.15) is 5.82 Å². The number of nitrogens with one attached hydrogen (secondary N) is 1. The molecule has 1 aliphatic rings. The zero-order valence-corrected chi connectivity index (χ0v) is 9.97. The van der Waals surface area contributed by atoms with Crippen LogP contribution >= 0.6 is 11.6 Å². The van der Waals surface area contributed by atoms with Crippen LogP contribution in [0.1, 0.15) is 31.4 Å². The Labute approximate surface area is 100.0 Å². The Morgan fingerprint density at radius 2 is 2.25 bits per heavy atom. The van der Waals surface area contributed by atoms with E-state index in [0.717, 1.165) is 18.4 Å². The second-order valence-electron chi connectivity index (χ2n) is 4.45. The summed E-state index contributed by atoms with van der Waals surface area (Å²) < 4.78 is 13.3. The van der Waals surface area contributed by atoms with Crippen molar-refractivity contribution in [2.75, 3.05) is 0 Å². The van der Waals surface area contributed by atoms with E-state index in [1.807, 2.05) is 0 Å². The summed E-state index contributed by atoms with van der Waals surface area (Å²) >= 11 is 5.64. The summed E-state index contributed by atoms with van der Waals surface area (Å²) in [4.78, 5) is 0. The topological polar surface area (TPSA) is 38.0 Å². The van der Waals surface area contributed by atoms with Crippen molar-refractivity contribution in [1.29, 1.82) is 0 Å². The maximum Gasteiger partial charge on any atom is 0.142 e. The van der Waals surface area contributed by atoms with Crippen molar-refractivity contribution in [2.45, 2.75) is 37.9 Å². The third kappa shape index (κ3) is 2.37. The molecule has 1 aliphatic heterocycles. The van der Waals surface area contributed by atoms with Crippen molar-refractivity contribution >= 4 is 11.6 Å². The molecule has 1 saturated heterocycles. The predicted octanol–water partition coefficient (Wildman–Crippen LogP) is 2.62. The first-order valence-corrected chi connectivity index (χ1v) is 5.92. The minimum absolute atomic E-state index is 0.142. The van der Waals surface area contributed by atoms with Gasteiger partial charge in [-0.25, -0.2) is 4.39 Å². The fourth-order valence-corrected chi connectivity index (χ4v) is 2.31. The lowest BCUT2D eigenvalue weighted by molar-refractivity contribution is 0.477. The van der Waals surface area contributed by atoms with E-state index in [2.05, 4.69) is 12.2 Å². The summed E-state index contributed by atoms with van der Waals surface area (Å²) in [6, 6.07) is 5.34. The van der Waals surface area contributed by atoms with Gasteiger partial charge in [-0.15, -0.1) is 0 Å². The van der Waals surface area contributed by atoms with Crippen LogP contribution in [0.5, 0.6) is 0 Å². The van der Waals surface area contributed by atoms with Crippen molar-refractivity contribution in [3.8, 4) is 0 Å². The largest absolute Gasteiger partial charge is 0.323 e. The number of hydrogen-bond donors (Lipinski definition) is 2. The van der Waals surface area contributed by atoms with Gasteiger partial charge in [-0.2, -0.15) is 0 Å². The Morgan fingerprint density at radius 1 is 1.50 bits per heavy atom. The van der Waals surface area contributed by atoms with Gasteiger partial charge in [-0.1, -0.05) is 17.7 Å². The maximum atomic E-state index is 13.3. The number of halogens is 2. The Morgan fingerprint density at radius 3 is 2.81 bits per heavy atom. The summed E-state index contributed by atoms with van der Waals surface area (Å²) in [5, 5.41) is 3.55. The zero-order chi connectivity index (χ0) is 11.7. The highest BCUT2D eigenvalue weighted by Gasteiger charge is 2.26. The Bertz CT molecular complexity index is 383. The number of nitrogens with two attached hydrogens (primary N) is 1. The average Bonchev–Trinajstić information content (AvgIpc) is 2.68. The van der Waals surface area contributed by atoms with Crippen LogP contribution in [0, 0.1) is 5.82 Å². The molecular formula is C12H16ClFN2. The molecule has 1 aromatic rings. The van der Waals surface area contributed by atoms with E-state index in [1.54, 1.807) is 12.1 Å². The third-order valence-corrected chi connectivity index (χ3v) is 3.48. The molecule has 3 N–H and O–H groups in total. The first kappa shape index (κ1) is 11.8. The average molecular weight is 243 g/mol. The molecule has 0 radical (unpaired) electrons. The SMILES string of the molecule is CC1CCC([C@@H](N)c2ccc(Cl)c(F)c2)N1. The molecule has 88 valence electrons. The standard InChI is InChI=1S/C12H16ClFN2/c1-7-2-5-11(16-7)12(15)8-3-4-9(13)10(14)6-8/h3-4,6-7,11-12,16H,2,5,15H2,1H3/t7?,11?,12-/m0/s1. The molecule has 2 nitrogen and oxygen atoms in total. The lowest BCUT2D eigenvalue weighted by Gasteiger charge is -2.20. The molecule has 1 aromatic carbocycles. The highest BCUT2D eigenvalue weighted by molar-refractivity contribution is 6.30. The minimum Gasteiger partial charge on any atom is -0.323 e. The Hall–Kier alpha value is -0.640. The molecular weight excluding hydrogens is 227 g/mol. The molecule has 2 rings (SSSR count). The monoisotopic (exact) mass is 242 g/mol. The van der Waals surface area contributed by atoms with Gasteiger partial charge in [-0.05, 0) is 37.5 Å². The summed E-state index contributed by atoms with van der Waals surface area (Å²) in [5.41, 5.74) is 6.91. The van der Waals surface area contributed by atoms with Gasteiger partial charge in [0.25, 0.3) is 0 Å². The van der Waals surface area contributed by atoms with Gasteiger partial charge >= 0.3 is 0 Å². The van der Waals surface area contributed by atoms with E-state index < -0.39 is 5.82 Å². The lowest BCUT2D eigenvalue weighted by atomic mass is 9.99. The Kier molecular flexibility index (Phi) is 3.47.